The molecule has 1 aliphatic rings. The molecular formula is C16H24N4. The number of rotatable bonds is 2. The van der Waals surface area contributed by atoms with Crippen molar-refractivity contribution < 1.29 is 0 Å². The summed E-state index contributed by atoms with van der Waals surface area (Å²) < 4.78 is 4.30. The minimum Gasteiger partial charge on any atom is -0.324 e. The SMILES string of the molecule is CCn1cc(-n2c(C)cc3c2CC(C)(C)CC3N)cn1. The maximum absolute atomic E-state index is 6.38. The first kappa shape index (κ1) is 13.4. The number of aromatic nitrogens is 3. The van der Waals surface area contributed by atoms with Gasteiger partial charge in [-0.2, -0.15) is 5.10 Å². The van der Waals surface area contributed by atoms with Crippen molar-refractivity contribution >= 4 is 0 Å². The van der Waals surface area contributed by atoms with Gasteiger partial charge in [-0.25, -0.2) is 0 Å². The van der Waals surface area contributed by atoms with Crippen molar-refractivity contribution in [2.24, 2.45) is 11.1 Å². The first-order valence-electron chi connectivity index (χ1n) is 7.41. The Morgan fingerprint density at radius 3 is 2.85 bits per heavy atom. The second kappa shape index (κ2) is 4.48. The van der Waals surface area contributed by atoms with E-state index in [0.29, 0.717) is 0 Å². The van der Waals surface area contributed by atoms with E-state index in [9.17, 15) is 0 Å². The topological polar surface area (TPSA) is 48.8 Å². The standard InChI is InChI=1S/C16H24N4/c1-5-19-10-12(9-18-19)20-11(2)6-13-14(17)7-16(3,4)8-15(13)20/h6,9-10,14H,5,7-8,17H2,1-4H3. The molecule has 2 heterocycles. The molecule has 20 heavy (non-hydrogen) atoms. The van der Waals surface area contributed by atoms with Crippen molar-refractivity contribution in [1.82, 2.24) is 14.3 Å². The zero-order valence-electron chi connectivity index (χ0n) is 12.8. The first-order valence-corrected chi connectivity index (χ1v) is 7.41. The Kier molecular flexibility index (Phi) is 3.01. The molecule has 4 nitrogen and oxygen atoms in total. The van der Waals surface area contributed by atoms with Crippen LogP contribution in [0.2, 0.25) is 0 Å². The molecule has 4 heteroatoms. The molecule has 2 aromatic heterocycles. The predicted octanol–water partition coefficient (Wildman–Crippen LogP) is 2.97. The first-order chi connectivity index (χ1) is 9.41. The molecule has 108 valence electrons. The summed E-state index contributed by atoms with van der Waals surface area (Å²) in [5.41, 5.74) is 11.7. The molecule has 0 spiro atoms. The zero-order valence-corrected chi connectivity index (χ0v) is 12.8. The molecule has 0 saturated heterocycles. The Morgan fingerprint density at radius 1 is 1.45 bits per heavy atom. The third-order valence-corrected chi connectivity index (χ3v) is 4.34. The fourth-order valence-electron chi connectivity index (χ4n) is 3.45. The van der Waals surface area contributed by atoms with Crippen molar-refractivity contribution in [2.75, 3.05) is 0 Å². The Labute approximate surface area is 120 Å². The van der Waals surface area contributed by atoms with E-state index in [2.05, 4.69) is 49.6 Å². The van der Waals surface area contributed by atoms with Crippen LogP contribution in [0.1, 0.15) is 50.2 Å². The van der Waals surface area contributed by atoms with E-state index in [4.69, 9.17) is 5.73 Å². The van der Waals surface area contributed by atoms with E-state index in [0.717, 1.165) is 25.1 Å². The van der Waals surface area contributed by atoms with E-state index in [-0.39, 0.29) is 11.5 Å². The van der Waals surface area contributed by atoms with Crippen molar-refractivity contribution in [3.05, 3.63) is 35.4 Å². The quantitative estimate of drug-likeness (QED) is 0.913. The van der Waals surface area contributed by atoms with Gasteiger partial charge in [-0.3, -0.25) is 4.68 Å². The van der Waals surface area contributed by atoms with Gasteiger partial charge in [0, 0.05) is 30.2 Å². The van der Waals surface area contributed by atoms with E-state index < -0.39 is 0 Å². The lowest BCUT2D eigenvalue weighted by atomic mass is 9.74. The summed E-state index contributed by atoms with van der Waals surface area (Å²) in [6.07, 6.45) is 6.18. The summed E-state index contributed by atoms with van der Waals surface area (Å²) in [5, 5.41) is 4.40. The minimum absolute atomic E-state index is 0.148. The Hall–Kier alpha value is -1.55. The van der Waals surface area contributed by atoms with Crippen LogP contribution in [0, 0.1) is 12.3 Å². The van der Waals surface area contributed by atoms with Crippen LogP contribution in [-0.4, -0.2) is 14.3 Å². The van der Waals surface area contributed by atoms with Crippen molar-refractivity contribution in [3.63, 3.8) is 0 Å². The van der Waals surface area contributed by atoms with Gasteiger partial charge in [0.05, 0.1) is 11.9 Å². The summed E-state index contributed by atoms with van der Waals surface area (Å²) in [7, 11) is 0. The van der Waals surface area contributed by atoms with Gasteiger partial charge in [0.25, 0.3) is 0 Å². The van der Waals surface area contributed by atoms with Gasteiger partial charge in [-0.1, -0.05) is 13.8 Å². The highest BCUT2D eigenvalue weighted by Crippen LogP contribution is 2.41. The molecule has 0 fully saturated rings. The lowest BCUT2D eigenvalue weighted by molar-refractivity contribution is 0.278. The molecule has 0 bridgehead atoms. The summed E-state index contributed by atoms with van der Waals surface area (Å²) >= 11 is 0. The monoisotopic (exact) mass is 272 g/mol. The summed E-state index contributed by atoms with van der Waals surface area (Å²) in [6, 6.07) is 2.40. The molecule has 2 N–H and O–H groups in total. The number of hydrogen-bond acceptors (Lipinski definition) is 2. The lowest BCUT2D eigenvalue weighted by Crippen LogP contribution is -2.30. The van der Waals surface area contributed by atoms with Crippen LogP contribution < -0.4 is 5.73 Å². The number of aryl methyl sites for hydroxylation is 2. The molecule has 1 aliphatic carbocycles. The lowest BCUT2D eigenvalue weighted by Gasteiger charge is -2.34. The van der Waals surface area contributed by atoms with Crippen LogP contribution in [-0.2, 0) is 13.0 Å². The predicted molar refractivity (Wildman–Crippen MR) is 81.0 cm³/mol. The Morgan fingerprint density at radius 2 is 2.20 bits per heavy atom. The van der Waals surface area contributed by atoms with Crippen molar-refractivity contribution in [1.29, 1.82) is 0 Å². The van der Waals surface area contributed by atoms with Crippen LogP contribution in [0.4, 0.5) is 0 Å². The highest BCUT2D eigenvalue weighted by molar-refractivity contribution is 5.42. The maximum atomic E-state index is 6.38. The number of nitrogens with zero attached hydrogens (tertiary/aromatic N) is 3. The second-order valence-corrected chi connectivity index (χ2v) is 6.73. The van der Waals surface area contributed by atoms with Gasteiger partial charge >= 0.3 is 0 Å². The average molecular weight is 272 g/mol. The van der Waals surface area contributed by atoms with Crippen molar-refractivity contribution in [2.45, 2.75) is 53.1 Å². The summed E-state index contributed by atoms with van der Waals surface area (Å²) in [5.74, 6) is 0. The van der Waals surface area contributed by atoms with Crippen LogP contribution >= 0.6 is 0 Å². The van der Waals surface area contributed by atoms with Crippen LogP contribution in [0.5, 0.6) is 0 Å². The maximum Gasteiger partial charge on any atom is 0.0837 e. The normalized spacial score (nSPS) is 20.9. The Balaban J connectivity index is 2.13. The molecular weight excluding hydrogens is 248 g/mol. The zero-order chi connectivity index (χ0) is 14.5. The summed E-state index contributed by atoms with van der Waals surface area (Å²) in [4.78, 5) is 0. The van der Waals surface area contributed by atoms with Gasteiger partial charge in [0.15, 0.2) is 0 Å². The fraction of sp³-hybridized carbons (Fsp3) is 0.562. The molecule has 1 unspecified atom stereocenters. The minimum atomic E-state index is 0.148. The molecule has 2 aromatic rings. The van der Waals surface area contributed by atoms with Crippen LogP contribution in [0.15, 0.2) is 18.5 Å². The van der Waals surface area contributed by atoms with Gasteiger partial charge in [-0.15, -0.1) is 0 Å². The molecule has 3 rings (SSSR count). The van der Waals surface area contributed by atoms with Crippen LogP contribution in [0.3, 0.4) is 0 Å². The van der Waals surface area contributed by atoms with Gasteiger partial charge < -0.3 is 10.3 Å². The van der Waals surface area contributed by atoms with Gasteiger partial charge in [0.1, 0.15) is 0 Å². The third kappa shape index (κ3) is 2.08. The molecule has 0 saturated carbocycles. The molecule has 1 atom stereocenters. The van der Waals surface area contributed by atoms with E-state index in [1.54, 1.807) is 0 Å². The van der Waals surface area contributed by atoms with Gasteiger partial charge in [0.2, 0.25) is 0 Å². The van der Waals surface area contributed by atoms with Crippen molar-refractivity contribution in [3.8, 4) is 5.69 Å². The highest BCUT2D eigenvalue weighted by atomic mass is 15.3. The average Bonchev–Trinajstić information content (AvgIpc) is 2.92. The third-order valence-electron chi connectivity index (χ3n) is 4.34. The molecule has 0 aromatic carbocycles. The summed E-state index contributed by atoms with van der Waals surface area (Å²) in [6.45, 7) is 9.76. The fourth-order valence-corrected chi connectivity index (χ4v) is 3.45. The largest absolute Gasteiger partial charge is 0.324 e. The number of fused-ring (bicyclic) bond motifs is 1. The van der Waals surface area contributed by atoms with E-state index >= 15 is 0 Å². The Bertz CT molecular complexity index is 633. The van der Waals surface area contributed by atoms with E-state index in [1.165, 1.54) is 17.0 Å². The highest BCUT2D eigenvalue weighted by Gasteiger charge is 2.33. The number of nitrogens with two attached hydrogens (primary N) is 1. The van der Waals surface area contributed by atoms with E-state index in [1.807, 2.05) is 10.9 Å². The molecule has 0 aliphatic heterocycles. The molecule has 0 amide bonds. The number of hydrogen-bond donors (Lipinski definition) is 1. The smallest absolute Gasteiger partial charge is 0.0837 e. The van der Waals surface area contributed by atoms with Gasteiger partial charge in [-0.05, 0) is 43.7 Å². The molecule has 0 radical (unpaired) electrons. The van der Waals surface area contributed by atoms with Crippen LogP contribution in [0.25, 0.3) is 5.69 Å². The second-order valence-electron chi connectivity index (χ2n) is 6.73.